The summed E-state index contributed by atoms with van der Waals surface area (Å²) in [6, 6.07) is 14.9. The first-order chi connectivity index (χ1) is 9.06. The van der Waals surface area contributed by atoms with Crippen molar-refractivity contribution in [2.24, 2.45) is 0 Å². The van der Waals surface area contributed by atoms with E-state index in [9.17, 15) is 4.79 Å². The fourth-order valence-corrected chi connectivity index (χ4v) is 2.65. The maximum absolute atomic E-state index is 12.1. The van der Waals surface area contributed by atoms with E-state index in [4.69, 9.17) is 11.6 Å². The molecular formula is C15H13BrClNO. The van der Waals surface area contributed by atoms with Gasteiger partial charge in [0.15, 0.2) is 0 Å². The number of carbonyl (C=O) groups is 1. The van der Waals surface area contributed by atoms with Gasteiger partial charge in [0.05, 0.1) is 6.04 Å². The summed E-state index contributed by atoms with van der Waals surface area (Å²) in [5.74, 6) is -0.139. The predicted octanol–water partition coefficient (Wildman–Crippen LogP) is 4.59. The molecule has 0 aliphatic carbocycles. The molecule has 2 nitrogen and oxygen atoms in total. The van der Waals surface area contributed by atoms with Crippen molar-refractivity contribution in [1.29, 1.82) is 0 Å². The molecule has 1 amide bonds. The van der Waals surface area contributed by atoms with Crippen molar-refractivity contribution in [2.75, 3.05) is 0 Å². The lowest BCUT2D eigenvalue weighted by Gasteiger charge is -2.14. The average molecular weight is 339 g/mol. The van der Waals surface area contributed by atoms with Gasteiger partial charge in [-0.3, -0.25) is 4.79 Å². The molecule has 0 saturated heterocycles. The van der Waals surface area contributed by atoms with Gasteiger partial charge in [0.2, 0.25) is 0 Å². The van der Waals surface area contributed by atoms with Crippen LogP contribution in [0.5, 0.6) is 0 Å². The SMILES string of the molecule is C[C@H](NC(=O)c1cc(Cl)cc(Br)c1)c1ccccc1. The first-order valence-electron chi connectivity index (χ1n) is 5.88. The molecule has 1 atom stereocenters. The van der Waals surface area contributed by atoms with Crippen LogP contribution in [0.4, 0.5) is 0 Å². The van der Waals surface area contributed by atoms with Gasteiger partial charge >= 0.3 is 0 Å². The summed E-state index contributed by atoms with van der Waals surface area (Å²) in [6.07, 6.45) is 0. The summed E-state index contributed by atoms with van der Waals surface area (Å²) in [7, 11) is 0. The second-order valence-corrected chi connectivity index (χ2v) is 5.62. The van der Waals surface area contributed by atoms with E-state index in [0.29, 0.717) is 10.6 Å². The molecule has 0 saturated carbocycles. The van der Waals surface area contributed by atoms with Crippen LogP contribution >= 0.6 is 27.5 Å². The number of rotatable bonds is 3. The molecule has 98 valence electrons. The number of hydrogen-bond donors (Lipinski definition) is 1. The monoisotopic (exact) mass is 337 g/mol. The normalized spacial score (nSPS) is 11.9. The van der Waals surface area contributed by atoms with Gasteiger partial charge in [0, 0.05) is 15.1 Å². The van der Waals surface area contributed by atoms with Crippen LogP contribution in [0.15, 0.2) is 53.0 Å². The quantitative estimate of drug-likeness (QED) is 0.871. The van der Waals surface area contributed by atoms with Crippen LogP contribution in [0.1, 0.15) is 28.9 Å². The van der Waals surface area contributed by atoms with Crippen molar-refractivity contribution < 1.29 is 4.79 Å². The standard InChI is InChI=1S/C15H13BrClNO/c1-10(11-5-3-2-4-6-11)18-15(19)12-7-13(16)9-14(17)8-12/h2-10H,1H3,(H,18,19)/t10-/m0/s1. The van der Waals surface area contributed by atoms with Crippen LogP contribution in [0.2, 0.25) is 5.02 Å². The molecule has 0 heterocycles. The highest BCUT2D eigenvalue weighted by atomic mass is 79.9. The van der Waals surface area contributed by atoms with Crippen molar-refractivity contribution in [1.82, 2.24) is 5.32 Å². The maximum atomic E-state index is 12.1. The van der Waals surface area contributed by atoms with Crippen molar-refractivity contribution in [3.8, 4) is 0 Å². The Kier molecular flexibility index (Phi) is 4.61. The summed E-state index contributed by atoms with van der Waals surface area (Å²) < 4.78 is 0.789. The largest absolute Gasteiger partial charge is 0.346 e. The molecule has 1 N–H and O–H groups in total. The Morgan fingerprint density at radius 1 is 1.21 bits per heavy atom. The second-order valence-electron chi connectivity index (χ2n) is 4.26. The average Bonchev–Trinajstić information content (AvgIpc) is 2.38. The molecule has 0 radical (unpaired) electrons. The molecule has 0 unspecified atom stereocenters. The highest BCUT2D eigenvalue weighted by molar-refractivity contribution is 9.10. The highest BCUT2D eigenvalue weighted by Gasteiger charge is 2.12. The van der Waals surface area contributed by atoms with E-state index in [2.05, 4.69) is 21.2 Å². The molecular weight excluding hydrogens is 326 g/mol. The van der Waals surface area contributed by atoms with E-state index in [1.165, 1.54) is 0 Å². The Hall–Kier alpha value is -1.32. The fraction of sp³-hybridized carbons (Fsp3) is 0.133. The number of hydrogen-bond acceptors (Lipinski definition) is 1. The summed E-state index contributed by atoms with van der Waals surface area (Å²) in [4.78, 5) is 12.1. The Morgan fingerprint density at radius 2 is 1.89 bits per heavy atom. The van der Waals surface area contributed by atoms with Gasteiger partial charge in [-0.2, -0.15) is 0 Å². The van der Waals surface area contributed by atoms with Crippen molar-refractivity contribution in [3.63, 3.8) is 0 Å². The van der Waals surface area contributed by atoms with Gasteiger partial charge in [-0.25, -0.2) is 0 Å². The zero-order valence-electron chi connectivity index (χ0n) is 10.4. The second kappa shape index (κ2) is 6.22. The minimum Gasteiger partial charge on any atom is -0.346 e. The molecule has 2 aromatic carbocycles. The fourth-order valence-electron chi connectivity index (χ4n) is 1.79. The summed E-state index contributed by atoms with van der Waals surface area (Å²) in [6.45, 7) is 1.95. The molecule has 0 fully saturated rings. The van der Waals surface area contributed by atoms with Crippen LogP contribution in [0, 0.1) is 0 Å². The topological polar surface area (TPSA) is 29.1 Å². The van der Waals surface area contributed by atoms with Crippen molar-refractivity contribution in [3.05, 3.63) is 69.2 Å². The van der Waals surface area contributed by atoms with Gasteiger partial charge < -0.3 is 5.32 Å². The lowest BCUT2D eigenvalue weighted by Crippen LogP contribution is -2.26. The van der Waals surface area contributed by atoms with E-state index < -0.39 is 0 Å². The molecule has 0 bridgehead atoms. The molecule has 0 aromatic heterocycles. The minimum absolute atomic E-state index is 0.0496. The van der Waals surface area contributed by atoms with E-state index in [-0.39, 0.29) is 11.9 Å². The number of nitrogens with one attached hydrogen (secondary N) is 1. The third kappa shape index (κ3) is 3.82. The number of halogens is 2. The van der Waals surface area contributed by atoms with E-state index in [1.807, 2.05) is 37.3 Å². The Morgan fingerprint density at radius 3 is 2.53 bits per heavy atom. The van der Waals surface area contributed by atoms with E-state index in [0.717, 1.165) is 10.0 Å². The predicted molar refractivity (Wildman–Crippen MR) is 81.5 cm³/mol. The van der Waals surface area contributed by atoms with Crippen molar-refractivity contribution in [2.45, 2.75) is 13.0 Å². The first kappa shape index (κ1) is 14.1. The van der Waals surface area contributed by atoms with Crippen LogP contribution in [-0.4, -0.2) is 5.91 Å². The van der Waals surface area contributed by atoms with E-state index >= 15 is 0 Å². The van der Waals surface area contributed by atoms with Gasteiger partial charge in [0.25, 0.3) is 5.91 Å². The smallest absolute Gasteiger partial charge is 0.251 e. The first-order valence-corrected chi connectivity index (χ1v) is 7.05. The Labute approximate surface area is 125 Å². The van der Waals surface area contributed by atoms with Crippen LogP contribution in [0.3, 0.4) is 0 Å². The molecule has 4 heteroatoms. The number of amides is 1. The third-order valence-electron chi connectivity index (χ3n) is 2.77. The lowest BCUT2D eigenvalue weighted by atomic mass is 10.1. The van der Waals surface area contributed by atoms with E-state index in [1.54, 1.807) is 18.2 Å². The van der Waals surface area contributed by atoms with Crippen LogP contribution in [-0.2, 0) is 0 Å². The van der Waals surface area contributed by atoms with Crippen LogP contribution in [0.25, 0.3) is 0 Å². The molecule has 0 aliphatic rings. The summed E-state index contributed by atoms with van der Waals surface area (Å²) in [5.41, 5.74) is 1.61. The van der Waals surface area contributed by atoms with Gasteiger partial charge in [0.1, 0.15) is 0 Å². The molecule has 19 heavy (non-hydrogen) atoms. The highest BCUT2D eigenvalue weighted by Crippen LogP contribution is 2.20. The zero-order chi connectivity index (χ0) is 13.8. The number of benzene rings is 2. The van der Waals surface area contributed by atoms with Gasteiger partial charge in [-0.1, -0.05) is 57.9 Å². The summed E-state index contributed by atoms with van der Waals surface area (Å²) in [5, 5.41) is 3.48. The molecule has 2 rings (SSSR count). The maximum Gasteiger partial charge on any atom is 0.251 e. The lowest BCUT2D eigenvalue weighted by molar-refractivity contribution is 0.0940. The zero-order valence-corrected chi connectivity index (χ0v) is 12.7. The molecule has 0 spiro atoms. The van der Waals surface area contributed by atoms with Crippen molar-refractivity contribution >= 4 is 33.4 Å². The molecule has 2 aromatic rings. The van der Waals surface area contributed by atoms with Gasteiger partial charge in [-0.15, -0.1) is 0 Å². The Balaban J connectivity index is 2.13. The minimum atomic E-state index is -0.139. The summed E-state index contributed by atoms with van der Waals surface area (Å²) >= 11 is 9.27. The van der Waals surface area contributed by atoms with Gasteiger partial charge in [-0.05, 0) is 30.7 Å². The number of carbonyl (C=O) groups excluding carboxylic acids is 1. The Bertz CT molecular complexity index is 566. The molecule has 0 aliphatic heterocycles. The third-order valence-corrected chi connectivity index (χ3v) is 3.45. The van der Waals surface area contributed by atoms with Crippen LogP contribution < -0.4 is 5.32 Å².